The van der Waals surface area contributed by atoms with Crippen LogP contribution in [0.3, 0.4) is 0 Å². The molecule has 0 N–H and O–H groups in total. The molecule has 0 fully saturated rings. The highest BCUT2D eigenvalue weighted by molar-refractivity contribution is 6.32. The molecule has 2 rings (SSSR count). The third kappa shape index (κ3) is 4.40. The molecule has 0 aliphatic heterocycles. The molecule has 2 aromatic rings. The molecule has 122 valence electrons. The van der Waals surface area contributed by atoms with Crippen LogP contribution in [-0.4, -0.2) is 19.4 Å². The summed E-state index contributed by atoms with van der Waals surface area (Å²) in [4.78, 5) is 4.49. The van der Waals surface area contributed by atoms with Crippen LogP contribution in [0.4, 0.5) is 5.69 Å². The number of ether oxygens (including phenoxy) is 2. The first kappa shape index (κ1) is 17.6. The molecule has 5 heteroatoms. The number of benzene rings is 2. The van der Waals surface area contributed by atoms with Gasteiger partial charge in [0.1, 0.15) is 0 Å². The fraction of sp³-hybridized carbons (Fsp3) is 0.278. The van der Waals surface area contributed by atoms with Gasteiger partial charge in [-0.1, -0.05) is 29.3 Å². The van der Waals surface area contributed by atoms with Crippen molar-refractivity contribution >= 4 is 35.1 Å². The Bertz CT molecular complexity index is 714. The minimum atomic E-state index is 0.502. The zero-order valence-corrected chi connectivity index (χ0v) is 14.9. The van der Waals surface area contributed by atoms with Crippen LogP contribution < -0.4 is 9.47 Å². The predicted octanol–water partition coefficient (Wildman–Crippen LogP) is 5.85. The highest BCUT2D eigenvalue weighted by atomic mass is 35.5. The molecular formula is C18H19Cl2NO2. The average Bonchev–Trinajstić information content (AvgIpc) is 2.52. The molecule has 0 heterocycles. The quantitative estimate of drug-likeness (QED) is 0.611. The standard InChI is InChI=1S/C18H19Cl2NO2/c1-4-22-17-10-13(9-15(20)18(17)23-5-2)11-21-16-8-6-7-14(19)12(16)3/h6-11H,4-5H2,1-3H3. The van der Waals surface area contributed by atoms with Gasteiger partial charge in [-0.15, -0.1) is 0 Å². The number of hydrogen-bond acceptors (Lipinski definition) is 3. The number of nitrogens with zero attached hydrogens (tertiary/aromatic N) is 1. The first-order valence-electron chi connectivity index (χ1n) is 7.45. The predicted molar refractivity (Wildman–Crippen MR) is 97.2 cm³/mol. The summed E-state index contributed by atoms with van der Waals surface area (Å²) in [7, 11) is 0. The van der Waals surface area contributed by atoms with Crippen molar-refractivity contribution in [2.24, 2.45) is 4.99 Å². The highest BCUT2D eigenvalue weighted by Crippen LogP contribution is 2.36. The van der Waals surface area contributed by atoms with Gasteiger partial charge in [0.05, 0.1) is 23.9 Å². The molecule has 3 nitrogen and oxygen atoms in total. The van der Waals surface area contributed by atoms with Crippen molar-refractivity contribution in [3.63, 3.8) is 0 Å². The third-order valence-electron chi connectivity index (χ3n) is 3.21. The van der Waals surface area contributed by atoms with Crippen LogP contribution in [0.25, 0.3) is 0 Å². The summed E-state index contributed by atoms with van der Waals surface area (Å²) in [6.07, 6.45) is 1.74. The summed E-state index contributed by atoms with van der Waals surface area (Å²) in [6.45, 7) is 6.81. The molecule has 0 radical (unpaired) electrons. The van der Waals surface area contributed by atoms with E-state index in [-0.39, 0.29) is 0 Å². The van der Waals surface area contributed by atoms with E-state index < -0.39 is 0 Å². The molecule has 0 aliphatic rings. The van der Waals surface area contributed by atoms with E-state index in [4.69, 9.17) is 32.7 Å². The number of rotatable bonds is 6. The summed E-state index contributed by atoms with van der Waals surface area (Å²) in [6, 6.07) is 9.30. The minimum Gasteiger partial charge on any atom is -0.490 e. The van der Waals surface area contributed by atoms with E-state index in [9.17, 15) is 0 Å². The lowest BCUT2D eigenvalue weighted by Crippen LogP contribution is -2.00. The normalized spacial score (nSPS) is 11.0. The number of halogens is 2. The second-order valence-electron chi connectivity index (χ2n) is 4.84. The van der Waals surface area contributed by atoms with Gasteiger partial charge in [0.15, 0.2) is 11.5 Å². The Hall–Kier alpha value is -1.71. The van der Waals surface area contributed by atoms with Crippen molar-refractivity contribution in [2.75, 3.05) is 13.2 Å². The fourth-order valence-electron chi connectivity index (χ4n) is 2.09. The van der Waals surface area contributed by atoms with E-state index in [0.717, 1.165) is 16.8 Å². The fourth-order valence-corrected chi connectivity index (χ4v) is 2.53. The van der Waals surface area contributed by atoms with Crippen molar-refractivity contribution in [1.82, 2.24) is 0 Å². The van der Waals surface area contributed by atoms with Crippen LogP contribution in [0.2, 0.25) is 10.0 Å². The van der Waals surface area contributed by atoms with Crippen molar-refractivity contribution in [2.45, 2.75) is 20.8 Å². The lowest BCUT2D eigenvalue weighted by atomic mass is 10.2. The first-order valence-corrected chi connectivity index (χ1v) is 8.20. The zero-order chi connectivity index (χ0) is 16.8. The van der Waals surface area contributed by atoms with Gasteiger partial charge in [0.25, 0.3) is 0 Å². The highest BCUT2D eigenvalue weighted by Gasteiger charge is 2.11. The van der Waals surface area contributed by atoms with Gasteiger partial charge in [0, 0.05) is 11.2 Å². The summed E-state index contributed by atoms with van der Waals surface area (Å²) < 4.78 is 11.2. The van der Waals surface area contributed by atoms with E-state index in [1.54, 1.807) is 12.3 Å². The van der Waals surface area contributed by atoms with Gasteiger partial charge in [-0.25, -0.2) is 0 Å². The first-order chi connectivity index (χ1) is 11.1. The summed E-state index contributed by atoms with van der Waals surface area (Å²) in [5.41, 5.74) is 2.59. The van der Waals surface area contributed by atoms with Gasteiger partial charge >= 0.3 is 0 Å². The van der Waals surface area contributed by atoms with Crippen LogP contribution in [-0.2, 0) is 0 Å². The van der Waals surface area contributed by atoms with Crippen molar-refractivity contribution < 1.29 is 9.47 Å². The van der Waals surface area contributed by atoms with Gasteiger partial charge in [-0.3, -0.25) is 4.99 Å². The Morgan fingerprint density at radius 1 is 1.04 bits per heavy atom. The Balaban J connectivity index is 2.36. The Labute approximate surface area is 146 Å². The molecule has 0 unspecified atom stereocenters. The van der Waals surface area contributed by atoms with Crippen LogP contribution in [0.5, 0.6) is 11.5 Å². The maximum absolute atomic E-state index is 6.30. The van der Waals surface area contributed by atoms with Gasteiger partial charge in [-0.2, -0.15) is 0 Å². The van der Waals surface area contributed by atoms with E-state index in [1.165, 1.54) is 0 Å². The molecule has 0 aliphatic carbocycles. The van der Waals surface area contributed by atoms with E-state index >= 15 is 0 Å². The minimum absolute atomic E-state index is 0.502. The molecule has 0 saturated heterocycles. The second-order valence-corrected chi connectivity index (χ2v) is 5.65. The summed E-state index contributed by atoms with van der Waals surface area (Å²) in [5, 5.41) is 1.20. The molecule has 0 saturated carbocycles. The van der Waals surface area contributed by atoms with Gasteiger partial charge < -0.3 is 9.47 Å². The van der Waals surface area contributed by atoms with Crippen molar-refractivity contribution in [1.29, 1.82) is 0 Å². The Kier molecular flexibility index (Phi) is 6.31. The lowest BCUT2D eigenvalue weighted by molar-refractivity contribution is 0.288. The monoisotopic (exact) mass is 351 g/mol. The third-order valence-corrected chi connectivity index (χ3v) is 3.90. The Morgan fingerprint density at radius 3 is 2.48 bits per heavy atom. The molecule has 0 aromatic heterocycles. The largest absolute Gasteiger partial charge is 0.490 e. The topological polar surface area (TPSA) is 30.8 Å². The van der Waals surface area contributed by atoms with Crippen LogP contribution in [0, 0.1) is 6.92 Å². The van der Waals surface area contributed by atoms with E-state index in [0.29, 0.717) is 34.8 Å². The zero-order valence-electron chi connectivity index (χ0n) is 13.4. The van der Waals surface area contributed by atoms with Crippen LogP contribution >= 0.6 is 23.2 Å². The van der Waals surface area contributed by atoms with Crippen LogP contribution in [0.1, 0.15) is 25.0 Å². The number of aliphatic imine (C=N–C) groups is 1. The molecule has 0 atom stereocenters. The van der Waals surface area contributed by atoms with Crippen molar-refractivity contribution in [3.8, 4) is 11.5 Å². The smallest absolute Gasteiger partial charge is 0.179 e. The number of hydrogen-bond donors (Lipinski definition) is 0. The van der Waals surface area contributed by atoms with E-state index in [1.807, 2.05) is 45.0 Å². The molecule has 0 amide bonds. The second kappa shape index (κ2) is 8.23. The van der Waals surface area contributed by atoms with E-state index in [2.05, 4.69) is 4.99 Å². The summed E-state index contributed by atoms with van der Waals surface area (Å²) in [5.74, 6) is 1.18. The SMILES string of the molecule is CCOc1cc(C=Nc2cccc(Cl)c2C)cc(Cl)c1OCC. The van der Waals surface area contributed by atoms with Gasteiger partial charge in [-0.05, 0) is 56.2 Å². The molecule has 0 bridgehead atoms. The van der Waals surface area contributed by atoms with Gasteiger partial charge in [0.2, 0.25) is 0 Å². The molecular weight excluding hydrogens is 333 g/mol. The average molecular weight is 352 g/mol. The summed E-state index contributed by atoms with van der Waals surface area (Å²) >= 11 is 12.4. The molecule has 2 aromatic carbocycles. The molecule has 23 heavy (non-hydrogen) atoms. The molecule has 0 spiro atoms. The maximum Gasteiger partial charge on any atom is 0.179 e. The van der Waals surface area contributed by atoms with Crippen LogP contribution in [0.15, 0.2) is 35.3 Å². The maximum atomic E-state index is 6.30. The lowest BCUT2D eigenvalue weighted by Gasteiger charge is -2.13. The van der Waals surface area contributed by atoms with Crippen molar-refractivity contribution in [3.05, 3.63) is 51.5 Å². The Morgan fingerprint density at radius 2 is 1.78 bits per heavy atom.